The van der Waals surface area contributed by atoms with Crippen LogP contribution in [0.15, 0.2) is 60.7 Å². The molecule has 256 valence electrons. The van der Waals surface area contributed by atoms with Gasteiger partial charge in [-0.25, -0.2) is 0 Å². The molecule has 10 nitrogen and oxygen atoms in total. The van der Waals surface area contributed by atoms with Gasteiger partial charge in [-0.05, 0) is 110 Å². The molecule has 0 unspecified atom stereocenters. The van der Waals surface area contributed by atoms with Crippen LogP contribution in [0.5, 0.6) is 46.0 Å². The van der Waals surface area contributed by atoms with Crippen molar-refractivity contribution >= 4 is 0 Å². The van der Waals surface area contributed by atoms with Gasteiger partial charge in [-0.2, -0.15) is 5.48 Å². The van der Waals surface area contributed by atoms with Gasteiger partial charge < -0.3 is 33.3 Å². The van der Waals surface area contributed by atoms with Gasteiger partial charge in [0.2, 0.25) is 12.5 Å². The normalized spacial score (nSPS) is 19.7. The Balaban J connectivity index is 1.28. The van der Waals surface area contributed by atoms with Crippen LogP contribution in [0.2, 0.25) is 0 Å². The smallest absolute Gasteiger partial charge is 0.231 e. The second kappa shape index (κ2) is 13.4. The zero-order valence-corrected chi connectivity index (χ0v) is 28.5. The number of nitrogens with one attached hydrogen (secondary N) is 1. The predicted molar refractivity (Wildman–Crippen MR) is 185 cm³/mol. The molecule has 10 heteroatoms. The van der Waals surface area contributed by atoms with E-state index >= 15 is 0 Å². The summed E-state index contributed by atoms with van der Waals surface area (Å²) in [7, 11) is 7.68. The van der Waals surface area contributed by atoms with Gasteiger partial charge in [0.25, 0.3) is 0 Å². The Bertz CT molecular complexity index is 1850. The van der Waals surface area contributed by atoms with Crippen LogP contribution < -0.4 is 33.9 Å². The van der Waals surface area contributed by atoms with E-state index in [1.165, 1.54) is 22.3 Å². The van der Waals surface area contributed by atoms with E-state index in [9.17, 15) is 0 Å². The summed E-state index contributed by atoms with van der Waals surface area (Å²) in [6, 6.07) is 21.2. The second-order valence-electron chi connectivity index (χ2n) is 13.2. The fraction of sp³-hybridized carbons (Fsp3) is 0.385. The molecule has 5 aliphatic heterocycles. The molecule has 0 amide bonds. The lowest BCUT2D eigenvalue weighted by atomic mass is 9.87. The van der Waals surface area contributed by atoms with Gasteiger partial charge in [-0.3, -0.25) is 9.80 Å². The maximum absolute atomic E-state index is 7.03. The molecule has 2 atom stereocenters. The molecule has 1 N–H and O–H groups in total. The first-order chi connectivity index (χ1) is 24.0. The summed E-state index contributed by atoms with van der Waals surface area (Å²) in [4.78, 5) is 9.81. The number of ether oxygens (including phenoxy) is 6. The van der Waals surface area contributed by atoms with E-state index < -0.39 is 0 Å². The molecule has 0 fully saturated rings. The molecule has 5 heterocycles. The third-order valence-corrected chi connectivity index (χ3v) is 10.2. The van der Waals surface area contributed by atoms with Crippen molar-refractivity contribution in [3.63, 3.8) is 0 Å². The average molecular weight is 666 g/mol. The van der Waals surface area contributed by atoms with E-state index in [-0.39, 0.29) is 18.9 Å². The maximum Gasteiger partial charge on any atom is 0.231 e. The van der Waals surface area contributed by atoms with Crippen LogP contribution in [-0.4, -0.2) is 71.1 Å². The van der Waals surface area contributed by atoms with Crippen molar-refractivity contribution in [2.45, 2.75) is 37.8 Å². The van der Waals surface area contributed by atoms with Crippen molar-refractivity contribution in [1.29, 1.82) is 0 Å². The molecule has 0 spiro atoms. The Morgan fingerprint density at radius 2 is 1.49 bits per heavy atom. The zero-order valence-electron chi connectivity index (χ0n) is 28.5. The molecule has 5 aliphatic rings. The summed E-state index contributed by atoms with van der Waals surface area (Å²) >= 11 is 0. The van der Waals surface area contributed by atoms with Crippen LogP contribution in [0.4, 0.5) is 0 Å². The molecule has 0 radical (unpaired) electrons. The lowest BCUT2D eigenvalue weighted by Gasteiger charge is -2.37. The van der Waals surface area contributed by atoms with Crippen molar-refractivity contribution in [2.75, 3.05) is 61.3 Å². The van der Waals surface area contributed by atoms with Crippen molar-refractivity contribution in [3.05, 3.63) is 94.0 Å². The summed E-state index contributed by atoms with van der Waals surface area (Å²) in [5.41, 5.74) is 10.0. The number of nitrogens with zero attached hydrogens (tertiary/aromatic N) is 2. The van der Waals surface area contributed by atoms with Gasteiger partial charge in [0, 0.05) is 30.7 Å². The Hall–Kier alpha value is -4.48. The molecular weight excluding hydrogens is 622 g/mol. The van der Waals surface area contributed by atoms with Gasteiger partial charge in [-0.15, -0.1) is 0 Å². The maximum atomic E-state index is 7.03. The number of methoxy groups -OCH3 is 1. The summed E-state index contributed by atoms with van der Waals surface area (Å²) in [6.07, 6.45) is 3.37. The monoisotopic (exact) mass is 665 g/mol. The fourth-order valence-electron chi connectivity index (χ4n) is 7.58. The number of hydrogen-bond donors (Lipinski definition) is 1. The van der Waals surface area contributed by atoms with Crippen molar-refractivity contribution in [1.82, 2.24) is 15.3 Å². The molecule has 0 aromatic heterocycles. The van der Waals surface area contributed by atoms with Crippen molar-refractivity contribution in [2.24, 2.45) is 0 Å². The van der Waals surface area contributed by atoms with Crippen molar-refractivity contribution in [3.8, 4) is 46.0 Å². The first-order valence-electron chi connectivity index (χ1n) is 17.0. The average Bonchev–Trinajstić information content (AvgIpc) is 3.59. The second-order valence-corrected chi connectivity index (χ2v) is 13.2. The molecule has 0 saturated heterocycles. The van der Waals surface area contributed by atoms with E-state index in [1.807, 2.05) is 18.2 Å². The minimum atomic E-state index is 0.0544. The van der Waals surface area contributed by atoms with Crippen LogP contribution in [0.3, 0.4) is 0 Å². The predicted octanol–water partition coefficient (Wildman–Crippen LogP) is 6.40. The highest BCUT2D eigenvalue weighted by atomic mass is 16.7. The van der Waals surface area contributed by atoms with Gasteiger partial charge in [-0.1, -0.05) is 18.2 Å². The molecule has 4 aromatic rings. The third kappa shape index (κ3) is 6.14. The lowest BCUT2D eigenvalue weighted by molar-refractivity contribution is 0.0805. The van der Waals surface area contributed by atoms with E-state index in [1.54, 1.807) is 14.2 Å². The van der Waals surface area contributed by atoms with E-state index in [4.69, 9.17) is 33.3 Å². The van der Waals surface area contributed by atoms with E-state index in [0.29, 0.717) is 47.6 Å². The Morgan fingerprint density at radius 1 is 0.735 bits per heavy atom. The molecule has 6 bridgehead atoms. The van der Waals surface area contributed by atoms with Crippen LogP contribution in [0, 0.1) is 0 Å². The van der Waals surface area contributed by atoms with E-state index in [2.05, 4.69) is 71.8 Å². The Kier molecular flexibility index (Phi) is 8.71. The SMILES string of the molecule is CONCCOc1ccc2cc1Oc1ccc(cc1)C[C@H]1c3c(cc4c(c3Oc3cc5c(cc3OC)CCN(C)[C@@H]5C2)OCO4)CCN1C. The highest BCUT2D eigenvalue weighted by Crippen LogP contribution is 2.53. The lowest BCUT2D eigenvalue weighted by Crippen LogP contribution is -2.34. The quantitative estimate of drug-likeness (QED) is 0.185. The van der Waals surface area contributed by atoms with Gasteiger partial charge >= 0.3 is 0 Å². The number of fused-ring (bicyclic) bond motifs is 3. The minimum Gasteiger partial charge on any atom is -0.493 e. The molecule has 0 saturated carbocycles. The van der Waals surface area contributed by atoms with Gasteiger partial charge in [0.15, 0.2) is 34.5 Å². The summed E-state index contributed by atoms with van der Waals surface area (Å²) < 4.78 is 37.8. The summed E-state index contributed by atoms with van der Waals surface area (Å²) in [6.45, 7) is 3.01. The van der Waals surface area contributed by atoms with Crippen molar-refractivity contribution < 1.29 is 33.3 Å². The highest BCUT2D eigenvalue weighted by Gasteiger charge is 2.36. The largest absolute Gasteiger partial charge is 0.493 e. The summed E-state index contributed by atoms with van der Waals surface area (Å²) in [5.74, 6) is 5.59. The Labute approximate surface area is 287 Å². The highest BCUT2D eigenvalue weighted by molar-refractivity contribution is 5.64. The number of likely N-dealkylation sites (N-methyl/N-ethyl adjacent to an activating group) is 2. The first-order valence-corrected chi connectivity index (χ1v) is 17.0. The van der Waals surface area contributed by atoms with Gasteiger partial charge in [0.05, 0.1) is 20.8 Å². The minimum absolute atomic E-state index is 0.0544. The molecule has 4 aromatic carbocycles. The zero-order chi connectivity index (χ0) is 33.5. The standard InChI is InChI=1S/C39H43N3O7/c1-41-14-11-26-20-33(43-3)35-22-29(26)30(41)18-25-7-10-32(45-16-13-40-44-4)34(19-25)48-28-8-5-24(6-9-28)17-31-37-27(12-15-42(31)2)21-36-38(39(37)49-35)47-23-46-36/h5-10,19-22,30-31,40H,11-18,23H2,1-4H3/t30-,31+/m1/s1. The number of rotatable bonds is 6. The summed E-state index contributed by atoms with van der Waals surface area (Å²) in [5, 5.41) is 0. The molecule has 0 aliphatic carbocycles. The van der Waals surface area contributed by atoms with Crippen LogP contribution in [0.1, 0.15) is 45.5 Å². The molecule has 49 heavy (non-hydrogen) atoms. The first kappa shape index (κ1) is 31.8. The topological polar surface area (TPSA) is 83.1 Å². The van der Waals surface area contributed by atoms with E-state index in [0.717, 1.165) is 61.4 Å². The number of benzene rings is 4. The number of hydrogen-bond acceptors (Lipinski definition) is 10. The van der Waals surface area contributed by atoms with Gasteiger partial charge in [0.1, 0.15) is 12.4 Å². The van der Waals surface area contributed by atoms with Crippen LogP contribution in [-0.2, 0) is 30.5 Å². The van der Waals surface area contributed by atoms with Crippen LogP contribution in [0.25, 0.3) is 0 Å². The number of hydroxylamine groups is 1. The Morgan fingerprint density at radius 3 is 2.31 bits per heavy atom. The third-order valence-electron chi connectivity index (χ3n) is 10.2. The molecular formula is C39H43N3O7. The fourth-order valence-corrected chi connectivity index (χ4v) is 7.58. The van der Waals surface area contributed by atoms with Crippen LogP contribution >= 0.6 is 0 Å². The molecule has 9 rings (SSSR count).